The van der Waals surface area contributed by atoms with E-state index in [0.717, 1.165) is 16.8 Å². The monoisotopic (exact) mass is 398 g/mol. The Morgan fingerprint density at radius 2 is 2.00 bits per heavy atom. The lowest BCUT2D eigenvalue weighted by atomic mass is 10.0. The van der Waals surface area contributed by atoms with E-state index in [2.05, 4.69) is 50.2 Å². The van der Waals surface area contributed by atoms with Crippen molar-refractivity contribution < 1.29 is 9.63 Å². The Balaban J connectivity index is 1.67. The number of benzene rings is 2. The molecule has 0 N–H and O–H groups in total. The van der Waals surface area contributed by atoms with Crippen LogP contribution in [0.3, 0.4) is 0 Å². The van der Waals surface area contributed by atoms with E-state index in [9.17, 15) is 4.79 Å². The Hall–Kier alpha value is -2.33. The summed E-state index contributed by atoms with van der Waals surface area (Å²) in [6.45, 7) is 7.21. The molecule has 5 heteroatoms. The highest BCUT2D eigenvalue weighted by atomic mass is 35.5. The quantitative estimate of drug-likeness (QED) is 0.641. The molecule has 0 saturated carbocycles. The number of carbonyl (C=O) groups is 1. The minimum absolute atomic E-state index is 0.127. The summed E-state index contributed by atoms with van der Waals surface area (Å²) in [5.74, 6) is 0.431. The van der Waals surface area contributed by atoms with Gasteiger partial charge >= 0.3 is 0 Å². The van der Waals surface area contributed by atoms with Crippen molar-refractivity contribution in [3.63, 3.8) is 0 Å². The molecule has 0 bridgehead atoms. The SMILES string of the molecule is Cc1ccc(C2=NOC(CN(Cc3cccc(Cl)c3)C(=O)CC(C)C)C2)cc1. The normalized spacial score (nSPS) is 16.0. The predicted octanol–water partition coefficient (Wildman–Crippen LogP) is 5.22. The van der Waals surface area contributed by atoms with Gasteiger partial charge in [-0.2, -0.15) is 0 Å². The van der Waals surface area contributed by atoms with Crippen molar-refractivity contribution in [3.05, 3.63) is 70.2 Å². The van der Waals surface area contributed by atoms with Crippen LogP contribution in [0, 0.1) is 12.8 Å². The lowest BCUT2D eigenvalue weighted by molar-refractivity contribution is -0.134. The lowest BCUT2D eigenvalue weighted by Crippen LogP contribution is -2.37. The fourth-order valence-corrected chi connectivity index (χ4v) is 3.49. The molecule has 0 aliphatic carbocycles. The molecule has 2 aromatic carbocycles. The third-order valence-corrected chi connectivity index (χ3v) is 4.97. The number of amides is 1. The summed E-state index contributed by atoms with van der Waals surface area (Å²) in [6.07, 6.45) is 1.08. The van der Waals surface area contributed by atoms with Gasteiger partial charge in [0.2, 0.25) is 5.91 Å². The number of hydrogen-bond acceptors (Lipinski definition) is 3. The third kappa shape index (κ3) is 5.59. The van der Waals surface area contributed by atoms with Crippen LogP contribution in [0.15, 0.2) is 53.7 Å². The summed E-state index contributed by atoms with van der Waals surface area (Å²) in [5, 5.41) is 4.95. The van der Waals surface area contributed by atoms with Crippen molar-refractivity contribution in [2.45, 2.75) is 46.3 Å². The Bertz CT molecular complexity index is 846. The van der Waals surface area contributed by atoms with Crippen LogP contribution >= 0.6 is 11.6 Å². The fourth-order valence-electron chi connectivity index (χ4n) is 3.28. The zero-order chi connectivity index (χ0) is 20.1. The molecule has 0 saturated heterocycles. The maximum Gasteiger partial charge on any atom is 0.223 e. The van der Waals surface area contributed by atoms with E-state index in [-0.39, 0.29) is 12.0 Å². The van der Waals surface area contributed by atoms with Crippen molar-refractivity contribution in [2.75, 3.05) is 6.54 Å². The molecular weight excluding hydrogens is 372 g/mol. The minimum atomic E-state index is -0.133. The van der Waals surface area contributed by atoms with Gasteiger partial charge in [0.25, 0.3) is 0 Å². The number of aryl methyl sites for hydroxylation is 1. The van der Waals surface area contributed by atoms with Crippen LogP contribution in [0.2, 0.25) is 5.02 Å². The molecule has 2 aromatic rings. The van der Waals surface area contributed by atoms with Gasteiger partial charge in [-0.25, -0.2) is 0 Å². The molecule has 28 heavy (non-hydrogen) atoms. The molecule has 0 radical (unpaired) electrons. The average Bonchev–Trinajstić information content (AvgIpc) is 3.10. The van der Waals surface area contributed by atoms with E-state index in [1.807, 2.05) is 29.2 Å². The lowest BCUT2D eigenvalue weighted by Gasteiger charge is -2.26. The highest BCUT2D eigenvalue weighted by Crippen LogP contribution is 2.21. The zero-order valence-electron chi connectivity index (χ0n) is 16.7. The van der Waals surface area contributed by atoms with E-state index in [1.54, 1.807) is 0 Å². The van der Waals surface area contributed by atoms with Crippen molar-refractivity contribution in [1.29, 1.82) is 0 Å². The molecule has 1 heterocycles. The zero-order valence-corrected chi connectivity index (χ0v) is 17.4. The van der Waals surface area contributed by atoms with E-state index in [1.165, 1.54) is 5.56 Å². The number of oxime groups is 1. The molecule has 1 unspecified atom stereocenters. The molecule has 1 aliphatic heterocycles. The molecule has 1 aliphatic rings. The van der Waals surface area contributed by atoms with Gasteiger partial charge in [0.1, 0.15) is 0 Å². The smallest absolute Gasteiger partial charge is 0.223 e. The van der Waals surface area contributed by atoms with Crippen LogP contribution in [-0.4, -0.2) is 29.2 Å². The maximum absolute atomic E-state index is 12.8. The van der Waals surface area contributed by atoms with E-state index < -0.39 is 0 Å². The molecule has 0 spiro atoms. The second kappa shape index (κ2) is 9.24. The molecule has 3 rings (SSSR count). The van der Waals surface area contributed by atoms with Gasteiger partial charge in [-0.1, -0.05) is 72.6 Å². The summed E-state index contributed by atoms with van der Waals surface area (Å²) in [4.78, 5) is 20.3. The van der Waals surface area contributed by atoms with Crippen molar-refractivity contribution in [2.24, 2.45) is 11.1 Å². The van der Waals surface area contributed by atoms with Gasteiger partial charge < -0.3 is 9.74 Å². The first-order valence-corrected chi connectivity index (χ1v) is 10.1. The van der Waals surface area contributed by atoms with Crippen molar-refractivity contribution in [3.8, 4) is 0 Å². The van der Waals surface area contributed by atoms with Crippen LogP contribution < -0.4 is 0 Å². The fraction of sp³-hybridized carbons (Fsp3) is 0.391. The van der Waals surface area contributed by atoms with Gasteiger partial charge in [-0.3, -0.25) is 4.79 Å². The molecule has 1 amide bonds. The van der Waals surface area contributed by atoms with Gasteiger partial charge in [-0.05, 0) is 36.1 Å². The maximum atomic E-state index is 12.8. The van der Waals surface area contributed by atoms with Crippen LogP contribution in [0.5, 0.6) is 0 Å². The average molecular weight is 399 g/mol. The summed E-state index contributed by atoms with van der Waals surface area (Å²) in [6, 6.07) is 15.9. The Kier molecular flexibility index (Phi) is 6.74. The highest BCUT2D eigenvalue weighted by Gasteiger charge is 2.27. The van der Waals surface area contributed by atoms with E-state index in [0.29, 0.717) is 36.9 Å². The second-order valence-corrected chi connectivity index (χ2v) is 8.27. The van der Waals surface area contributed by atoms with Crippen molar-refractivity contribution >= 4 is 23.2 Å². The summed E-state index contributed by atoms with van der Waals surface area (Å²) >= 11 is 6.11. The molecule has 148 valence electrons. The molecular formula is C23H27ClN2O2. The number of hydrogen-bond donors (Lipinski definition) is 0. The largest absolute Gasteiger partial charge is 0.390 e. The first-order chi connectivity index (χ1) is 13.4. The second-order valence-electron chi connectivity index (χ2n) is 7.84. The van der Waals surface area contributed by atoms with Crippen molar-refractivity contribution in [1.82, 2.24) is 4.90 Å². The third-order valence-electron chi connectivity index (χ3n) is 4.74. The van der Waals surface area contributed by atoms with Gasteiger partial charge in [0.15, 0.2) is 6.10 Å². The molecule has 1 atom stereocenters. The molecule has 0 fully saturated rings. The topological polar surface area (TPSA) is 41.9 Å². The van der Waals surface area contributed by atoms with Crippen LogP contribution in [0.4, 0.5) is 0 Å². The Morgan fingerprint density at radius 1 is 1.25 bits per heavy atom. The Labute approximate surface area is 172 Å². The molecule has 0 aromatic heterocycles. The number of carbonyl (C=O) groups excluding carboxylic acids is 1. The minimum Gasteiger partial charge on any atom is -0.390 e. The van der Waals surface area contributed by atoms with Gasteiger partial charge in [0.05, 0.1) is 12.3 Å². The number of rotatable bonds is 7. The molecule has 4 nitrogen and oxygen atoms in total. The summed E-state index contributed by atoms with van der Waals surface area (Å²) in [7, 11) is 0. The first-order valence-electron chi connectivity index (χ1n) is 9.72. The highest BCUT2D eigenvalue weighted by molar-refractivity contribution is 6.30. The number of halogens is 1. The van der Waals surface area contributed by atoms with E-state index in [4.69, 9.17) is 16.4 Å². The van der Waals surface area contributed by atoms with Crippen LogP contribution in [0.25, 0.3) is 0 Å². The predicted molar refractivity (Wildman–Crippen MR) is 114 cm³/mol. The van der Waals surface area contributed by atoms with Gasteiger partial charge in [-0.15, -0.1) is 0 Å². The summed E-state index contributed by atoms with van der Waals surface area (Å²) < 4.78 is 0. The standard InChI is InChI=1S/C23H27ClN2O2/c1-16(2)11-23(27)26(14-18-5-4-6-20(24)12-18)15-21-13-22(25-28-21)19-9-7-17(3)8-10-19/h4-10,12,16,21H,11,13-15H2,1-3H3. The number of nitrogens with zero attached hydrogens (tertiary/aromatic N) is 2. The van der Waals surface area contributed by atoms with E-state index >= 15 is 0 Å². The van der Waals surface area contributed by atoms with Crippen LogP contribution in [0.1, 0.15) is 43.4 Å². The van der Waals surface area contributed by atoms with Crippen LogP contribution in [-0.2, 0) is 16.2 Å². The van der Waals surface area contributed by atoms with Gasteiger partial charge in [0, 0.05) is 24.4 Å². The first kappa shape index (κ1) is 20.4. The summed E-state index contributed by atoms with van der Waals surface area (Å²) in [5.41, 5.74) is 4.24. The Morgan fingerprint density at radius 3 is 2.68 bits per heavy atom.